The number of cyclic esters (lactones) is 1. The van der Waals surface area contributed by atoms with Crippen molar-refractivity contribution in [2.75, 3.05) is 17.7 Å². The largest absolute Gasteiger partial charge is 0.451 e. The number of hydrogen-bond acceptors (Lipinski definition) is 7. The van der Waals surface area contributed by atoms with Crippen LogP contribution in [0.15, 0.2) is 36.5 Å². The van der Waals surface area contributed by atoms with Crippen LogP contribution < -0.4 is 10.6 Å². The summed E-state index contributed by atoms with van der Waals surface area (Å²) in [7, 11) is 1.83. The van der Waals surface area contributed by atoms with E-state index in [2.05, 4.69) is 20.6 Å². The summed E-state index contributed by atoms with van der Waals surface area (Å²) >= 11 is 0. The number of aliphatic hydroxyl groups is 1. The maximum absolute atomic E-state index is 12.0. The van der Waals surface area contributed by atoms with Crippen molar-refractivity contribution in [2.45, 2.75) is 38.9 Å². The lowest BCUT2D eigenvalue weighted by Gasteiger charge is -2.21. The lowest BCUT2D eigenvalue weighted by Crippen LogP contribution is -2.17. The van der Waals surface area contributed by atoms with E-state index in [9.17, 15) is 9.90 Å². The van der Waals surface area contributed by atoms with Crippen molar-refractivity contribution in [3.05, 3.63) is 53.2 Å². The Labute approximate surface area is 169 Å². The molecule has 2 heterocycles. The molecule has 29 heavy (non-hydrogen) atoms. The second-order valence-electron chi connectivity index (χ2n) is 8.21. The summed E-state index contributed by atoms with van der Waals surface area (Å²) < 4.78 is 5.43. The van der Waals surface area contributed by atoms with Gasteiger partial charge in [0.2, 0.25) is 5.95 Å². The number of ether oxygens (including phenoxy) is 1. The Hall–Kier alpha value is -3.19. The molecule has 7 heteroatoms. The van der Waals surface area contributed by atoms with Gasteiger partial charge < -0.3 is 20.5 Å². The minimum absolute atomic E-state index is 0.312. The molecule has 1 aromatic heterocycles. The molecule has 0 unspecified atom stereocenters. The maximum atomic E-state index is 12.0. The molecule has 0 radical (unpaired) electrons. The van der Waals surface area contributed by atoms with E-state index in [4.69, 9.17) is 4.74 Å². The fourth-order valence-corrected chi connectivity index (χ4v) is 3.66. The van der Waals surface area contributed by atoms with Gasteiger partial charge >= 0.3 is 5.97 Å². The van der Waals surface area contributed by atoms with Gasteiger partial charge in [0.25, 0.3) is 0 Å². The summed E-state index contributed by atoms with van der Waals surface area (Å²) in [6.07, 6.45) is 1.73. The highest BCUT2D eigenvalue weighted by atomic mass is 16.6. The lowest BCUT2D eigenvalue weighted by molar-refractivity contribution is 0.00954. The highest BCUT2D eigenvalue weighted by Crippen LogP contribution is 2.38. The number of nitrogens with one attached hydrogen (secondary N) is 2. The molecule has 0 aliphatic carbocycles. The second kappa shape index (κ2) is 6.42. The van der Waals surface area contributed by atoms with Gasteiger partial charge in [0, 0.05) is 41.1 Å². The molecule has 3 N–H and O–H groups in total. The van der Waals surface area contributed by atoms with Crippen LogP contribution in [0.25, 0.3) is 10.9 Å². The predicted octanol–water partition coefficient (Wildman–Crippen LogP) is 4.05. The van der Waals surface area contributed by atoms with Gasteiger partial charge in [0.15, 0.2) is 0 Å². The molecule has 4 rings (SSSR count). The van der Waals surface area contributed by atoms with Crippen LogP contribution in [-0.4, -0.2) is 28.1 Å². The lowest BCUT2D eigenvalue weighted by atomic mass is 9.95. The van der Waals surface area contributed by atoms with Gasteiger partial charge in [-0.25, -0.2) is 14.8 Å². The summed E-state index contributed by atoms with van der Waals surface area (Å²) in [5.74, 6) is 0.0900. The standard InChI is InChI=1S/C22H24N4O3/c1-21(2,28)15-8-9-17(23-5)14-11-24-20(26-18(14)15)25-12-6-7-13-16(10-12)22(3,4)29-19(13)27/h6-11,23,28H,1-5H3,(H,24,25,26). The van der Waals surface area contributed by atoms with Gasteiger partial charge in [-0.1, -0.05) is 6.07 Å². The molecule has 1 aliphatic heterocycles. The first kappa shape index (κ1) is 19.1. The highest BCUT2D eigenvalue weighted by molar-refractivity contribution is 5.96. The zero-order valence-corrected chi connectivity index (χ0v) is 17.1. The second-order valence-corrected chi connectivity index (χ2v) is 8.21. The molecule has 0 saturated heterocycles. The van der Waals surface area contributed by atoms with Crippen LogP contribution in [0.1, 0.15) is 49.2 Å². The topological polar surface area (TPSA) is 96.4 Å². The van der Waals surface area contributed by atoms with E-state index in [0.717, 1.165) is 22.3 Å². The summed E-state index contributed by atoms with van der Waals surface area (Å²) in [6, 6.07) is 9.21. The van der Waals surface area contributed by atoms with Crippen LogP contribution in [0.3, 0.4) is 0 Å². The molecular weight excluding hydrogens is 368 g/mol. The minimum Gasteiger partial charge on any atom is -0.451 e. The van der Waals surface area contributed by atoms with E-state index in [1.54, 1.807) is 32.2 Å². The molecule has 0 atom stereocenters. The Balaban J connectivity index is 1.77. The average molecular weight is 392 g/mol. The summed E-state index contributed by atoms with van der Waals surface area (Å²) in [4.78, 5) is 21.1. The monoisotopic (exact) mass is 392 g/mol. The zero-order chi connectivity index (χ0) is 21.0. The Morgan fingerprint density at radius 2 is 1.93 bits per heavy atom. The number of aromatic nitrogens is 2. The molecule has 1 aliphatic rings. The van der Waals surface area contributed by atoms with Gasteiger partial charge in [-0.15, -0.1) is 0 Å². The number of rotatable bonds is 4. The average Bonchev–Trinajstić information content (AvgIpc) is 2.88. The van der Waals surface area contributed by atoms with Crippen LogP contribution in [0.4, 0.5) is 17.3 Å². The van der Waals surface area contributed by atoms with Gasteiger partial charge in [0.1, 0.15) is 5.60 Å². The van der Waals surface area contributed by atoms with E-state index >= 15 is 0 Å². The highest BCUT2D eigenvalue weighted by Gasteiger charge is 2.37. The van der Waals surface area contributed by atoms with Crippen molar-refractivity contribution < 1.29 is 14.6 Å². The van der Waals surface area contributed by atoms with E-state index in [0.29, 0.717) is 22.6 Å². The first-order valence-corrected chi connectivity index (χ1v) is 9.45. The SMILES string of the molecule is CNc1ccc(C(C)(C)O)c2nc(Nc3ccc4c(c3)C(C)(C)OC4=O)ncc12. The third-order valence-electron chi connectivity index (χ3n) is 5.17. The zero-order valence-electron chi connectivity index (χ0n) is 17.1. The van der Waals surface area contributed by atoms with Crippen LogP contribution in [0.5, 0.6) is 0 Å². The number of carbonyl (C=O) groups excluding carboxylic acids is 1. The molecule has 150 valence electrons. The first-order valence-electron chi connectivity index (χ1n) is 9.45. The third kappa shape index (κ3) is 3.27. The Kier molecular flexibility index (Phi) is 4.24. The molecule has 0 saturated carbocycles. The van der Waals surface area contributed by atoms with Crippen molar-refractivity contribution in [2.24, 2.45) is 0 Å². The fraction of sp³-hybridized carbons (Fsp3) is 0.318. The maximum Gasteiger partial charge on any atom is 0.339 e. The van der Waals surface area contributed by atoms with Crippen LogP contribution >= 0.6 is 0 Å². The van der Waals surface area contributed by atoms with Gasteiger partial charge in [-0.3, -0.25) is 0 Å². The molecule has 0 fully saturated rings. The number of anilines is 3. The van der Waals surface area contributed by atoms with Crippen LogP contribution in [0.2, 0.25) is 0 Å². The van der Waals surface area contributed by atoms with E-state index < -0.39 is 11.2 Å². The van der Waals surface area contributed by atoms with Crippen molar-refractivity contribution in [3.63, 3.8) is 0 Å². The first-order chi connectivity index (χ1) is 13.6. The van der Waals surface area contributed by atoms with Gasteiger partial charge in [-0.05, 0) is 52.0 Å². The predicted molar refractivity (Wildman–Crippen MR) is 112 cm³/mol. The van der Waals surface area contributed by atoms with E-state index in [-0.39, 0.29) is 5.97 Å². The molecule has 2 aromatic carbocycles. The van der Waals surface area contributed by atoms with Crippen LogP contribution in [-0.2, 0) is 15.9 Å². The normalized spacial score (nSPS) is 15.2. The van der Waals surface area contributed by atoms with E-state index in [1.165, 1.54) is 0 Å². The molecule has 0 spiro atoms. The molecule has 0 bridgehead atoms. The van der Waals surface area contributed by atoms with Crippen LogP contribution in [0, 0.1) is 0 Å². The number of esters is 1. The molecule has 0 amide bonds. The van der Waals surface area contributed by atoms with Crippen molar-refractivity contribution in [1.29, 1.82) is 0 Å². The Morgan fingerprint density at radius 3 is 2.62 bits per heavy atom. The molecular formula is C22H24N4O3. The van der Waals surface area contributed by atoms with Gasteiger partial charge in [0.05, 0.1) is 16.7 Å². The summed E-state index contributed by atoms with van der Waals surface area (Å²) in [5, 5.41) is 17.7. The number of fused-ring (bicyclic) bond motifs is 2. The summed E-state index contributed by atoms with van der Waals surface area (Å²) in [5.41, 5.74) is 2.69. The minimum atomic E-state index is -1.05. The number of carbonyl (C=O) groups is 1. The van der Waals surface area contributed by atoms with Crippen molar-refractivity contribution >= 4 is 34.2 Å². The molecule has 3 aromatic rings. The van der Waals surface area contributed by atoms with Crippen molar-refractivity contribution in [1.82, 2.24) is 9.97 Å². The Morgan fingerprint density at radius 1 is 1.17 bits per heavy atom. The quantitative estimate of drug-likeness (QED) is 0.577. The summed E-state index contributed by atoms with van der Waals surface area (Å²) in [6.45, 7) is 7.19. The smallest absolute Gasteiger partial charge is 0.339 e. The fourth-order valence-electron chi connectivity index (χ4n) is 3.66. The Bertz CT molecular complexity index is 1130. The number of hydrogen-bond donors (Lipinski definition) is 3. The van der Waals surface area contributed by atoms with E-state index in [1.807, 2.05) is 39.1 Å². The number of benzene rings is 2. The third-order valence-corrected chi connectivity index (χ3v) is 5.17. The number of nitrogens with zero attached hydrogens (tertiary/aromatic N) is 2. The van der Waals surface area contributed by atoms with Crippen molar-refractivity contribution in [3.8, 4) is 0 Å². The molecule has 7 nitrogen and oxygen atoms in total. The van der Waals surface area contributed by atoms with Gasteiger partial charge in [-0.2, -0.15) is 0 Å².